The number of anilines is 1. The molecule has 5 heteroatoms. The van der Waals surface area contributed by atoms with Crippen LogP contribution in [0.25, 0.3) is 0 Å². The molecular weight excluding hydrogens is 182 g/mol. The van der Waals surface area contributed by atoms with Gasteiger partial charge in [0, 0.05) is 6.54 Å². The van der Waals surface area contributed by atoms with Crippen LogP contribution in [0.5, 0.6) is 5.75 Å². The molecule has 2 N–H and O–H groups in total. The third-order valence-corrected chi connectivity index (χ3v) is 2.27. The lowest BCUT2D eigenvalue weighted by atomic mass is 10.4. The molecule has 1 fully saturated rings. The Morgan fingerprint density at radius 1 is 1.71 bits per heavy atom. The highest BCUT2D eigenvalue weighted by Crippen LogP contribution is 2.29. The summed E-state index contributed by atoms with van der Waals surface area (Å²) in [7, 11) is 1.47. The van der Waals surface area contributed by atoms with Crippen molar-refractivity contribution in [2.24, 2.45) is 5.92 Å². The zero-order valence-electron chi connectivity index (χ0n) is 8.04. The van der Waals surface area contributed by atoms with E-state index in [0.29, 0.717) is 5.82 Å². The number of hydrogen-bond acceptors (Lipinski definition) is 4. The van der Waals surface area contributed by atoms with Crippen molar-refractivity contribution in [2.75, 3.05) is 19.0 Å². The summed E-state index contributed by atoms with van der Waals surface area (Å²) in [6.07, 6.45) is 3.90. The van der Waals surface area contributed by atoms with Crippen molar-refractivity contribution in [3.05, 3.63) is 16.7 Å². The Labute approximate surface area is 81.5 Å². The molecule has 2 rings (SSSR count). The van der Waals surface area contributed by atoms with Gasteiger partial charge in [-0.25, -0.2) is 4.98 Å². The molecule has 5 nitrogen and oxygen atoms in total. The van der Waals surface area contributed by atoms with Crippen LogP contribution in [-0.4, -0.2) is 23.6 Å². The van der Waals surface area contributed by atoms with Crippen molar-refractivity contribution >= 4 is 5.82 Å². The van der Waals surface area contributed by atoms with Crippen LogP contribution in [0, 0.1) is 5.92 Å². The molecule has 0 atom stereocenters. The zero-order valence-corrected chi connectivity index (χ0v) is 8.04. The van der Waals surface area contributed by atoms with E-state index in [1.165, 1.54) is 26.3 Å². The number of ether oxygens (including phenoxy) is 1. The van der Waals surface area contributed by atoms with Gasteiger partial charge in [0.1, 0.15) is 0 Å². The molecule has 1 saturated carbocycles. The number of hydrogen-bond donors (Lipinski definition) is 2. The minimum atomic E-state index is -0.249. The number of nitrogens with one attached hydrogen (secondary N) is 2. The van der Waals surface area contributed by atoms with E-state index in [2.05, 4.69) is 15.3 Å². The summed E-state index contributed by atoms with van der Waals surface area (Å²) >= 11 is 0. The van der Waals surface area contributed by atoms with Gasteiger partial charge in [-0.05, 0) is 18.8 Å². The van der Waals surface area contributed by atoms with E-state index in [-0.39, 0.29) is 11.3 Å². The lowest BCUT2D eigenvalue weighted by Crippen LogP contribution is -2.15. The quantitative estimate of drug-likeness (QED) is 0.738. The Bertz CT molecular complexity index is 371. The lowest BCUT2D eigenvalue weighted by Gasteiger charge is -2.07. The fourth-order valence-corrected chi connectivity index (χ4v) is 1.27. The van der Waals surface area contributed by atoms with Gasteiger partial charge in [-0.3, -0.25) is 4.79 Å². The second-order valence-electron chi connectivity index (χ2n) is 3.44. The van der Waals surface area contributed by atoms with Crippen LogP contribution in [-0.2, 0) is 0 Å². The second kappa shape index (κ2) is 3.69. The number of nitrogens with zero attached hydrogens (tertiary/aromatic N) is 1. The molecular formula is C9H13N3O2. The van der Waals surface area contributed by atoms with E-state index >= 15 is 0 Å². The van der Waals surface area contributed by atoms with Crippen molar-refractivity contribution in [3.63, 3.8) is 0 Å². The summed E-state index contributed by atoms with van der Waals surface area (Å²) in [6.45, 7) is 0.868. The smallest absolute Gasteiger partial charge is 0.295 e. The topological polar surface area (TPSA) is 67.0 Å². The molecule has 1 heterocycles. The first-order valence-electron chi connectivity index (χ1n) is 4.67. The van der Waals surface area contributed by atoms with Crippen LogP contribution < -0.4 is 15.6 Å². The molecule has 76 valence electrons. The van der Waals surface area contributed by atoms with Crippen LogP contribution in [0.4, 0.5) is 5.82 Å². The van der Waals surface area contributed by atoms with Crippen LogP contribution in [0.15, 0.2) is 11.1 Å². The predicted octanol–water partition coefficient (Wildman–Crippen LogP) is 0.600. The SMILES string of the molecule is COc1c(NCC2CC2)nc[nH]c1=O. The molecule has 0 radical (unpaired) electrons. The van der Waals surface area contributed by atoms with Crippen molar-refractivity contribution < 1.29 is 4.74 Å². The number of methoxy groups -OCH3 is 1. The van der Waals surface area contributed by atoms with E-state index in [9.17, 15) is 4.79 Å². The predicted molar refractivity (Wildman–Crippen MR) is 52.6 cm³/mol. The Kier molecular flexibility index (Phi) is 2.39. The summed E-state index contributed by atoms with van der Waals surface area (Å²) in [5.41, 5.74) is -0.249. The van der Waals surface area contributed by atoms with E-state index in [1.807, 2.05) is 0 Å². The van der Waals surface area contributed by atoms with Crippen LogP contribution in [0.1, 0.15) is 12.8 Å². The molecule has 0 bridgehead atoms. The van der Waals surface area contributed by atoms with Gasteiger partial charge < -0.3 is 15.0 Å². The highest BCUT2D eigenvalue weighted by molar-refractivity contribution is 5.47. The molecule has 14 heavy (non-hydrogen) atoms. The maximum Gasteiger partial charge on any atom is 0.295 e. The molecule has 1 aromatic heterocycles. The summed E-state index contributed by atoms with van der Waals surface area (Å²) in [4.78, 5) is 17.8. The summed E-state index contributed by atoms with van der Waals surface area (Å²) < 4.78 is 4.96. The fourth-order valence-electron chi connectivity index (χ4n) is 1.27. The zero-order chi connectivity index (χ0) is 9.97. The Balaban J connectivity index is 2.13. The second-order valence-corrected chi connectivity index (χ2v) is 3.44. The van der Waals surface area contributed by atoms with Gasteiger partial charge in [0.15, 0.2) is 5.82 Å². The monoisotopic (exact) mass is 195 g/mol. The molecule has 1 aromatic rings. The lowest BCUT2D eigenvalue weighted by molar-refractivity contribution is 0.408. The average Bonchev–Trinajstić information content (AvgIpc) is 2.98. The van der Waals surface area contributed by atoms with Crippen LogP contribution in [0.3, 0.4) is 0 Å². The van der Waals surface area contributed by atoms with Crippen molar-refractivity contribution in [1.29, 1.82) is 0 Å². The highest BCUT2D eigenvalue weighted by atomic mass is 16.5. The Morgan fingerprint density at radius 2 is 2.50 bits per heavy atom. The maximum absolute atomic E-state index is 11.3. The molecule has 0 unspecified atom stereocenters. The summed E-state index contributed by atoms with van der Waals surface area (Å²) in [5.74, 6) is 1.53. The maximum atomic E-state index is 11.3. The van der Waals surface area contributed by atoms with Crippen LogP contribution >= 0.6 is 0 Å². The number of aromatic amines is 1. The van der Waals surface area contributed by atoms with Gasteiger partial charge >= 0.3 is 0 Å². The Morgan fingerprint density at radius 3 is 3.14 bits per heavy atom. The molecule has 1 aliphatic rings. The van der Waals surface area contributed by atoms with Gasteiger partial charge in [-0.15, -0.1) is 0 Å². The number of aromatic nitrogens is 2. The van der Waals surface area contributed by atoms with Crippen molar-refractivity contribution in [3.8, 4) is 5.75 Å². The van der Waals surface area contributed by atoms with Gasteiger partial charge in [-0.1, -0.05) is 0 Å². The van der Waals surface area contributed by atoms with E-state index < -0.39 is 0 Å². The molecule has 1 aliphatic carbocycles. The molecule has 0 aromatic carbocycles. The third kappa shape index (κ3) is 1.86. The first kappa shape index (κ1) is 9.05. The summed E-state index contributed by atoms with van der Waals surface area (Å²) in [6, 6.07) is 0. The average molecular weight is 195 g/mol. The normalized spacial score (nSPS) is 15.2. The largest absolute Gasteiger partial charge is 0.489 e. The highest BCUT2D eigenvalue weighted by Gasteiger charge is 2.21. The van der Waals surface area contributed by atoms with Gasteiger partial charge in [0.05, 0.1) is 13.4 Å². The van der Waals surface area contributed by atoms with E-state index in [1.54, 1.807) is 0 Å². The van der Waals surface area contributed by atoms with Gasteiger partial charge in [0.2, 0.25) is 5.75 Å². The van der Waals surface area contributed by atoms with E-state index in [4.69, 9.17) is 4.74 Å². The third-order valence-electron chi connectivity index (χ3n) is 2.27. The molecule has 0 spiro atoms. The van der Waals surface area contributed by atoms with Crippen molar-refractivity contribution in [2.45, 2.75) is 12.8 Å². The first-order chi connectivity index (χ1) is 6.81. The van der Waals surface area contributed by atoms with Gasteiger partial charge in [-0.2, -0.15) is 0 Å². The van der Waals surface area contributed by atoms with Crippen LogP contribution in [0.2, 0.25) is 0 Å². The first-order valence-corrected chi connectivity index (χ1v) is 4.67. The number of rotatable bonds is 4. The minimum absolute atomic E-state index is 0.249. The Hall–Kier alpha value is -1.52. The summed E-state index contributed by atoms with van der Waals surface area (Å²) in [5, 5.41) is 3.11. The molecule has 0 amide bonds. The standard InChI is InChI=1S/C9H13N3O2/c1-14-7-8(10-4-6-2-3-6)11-5-12-9(7)13/h5-6H,2-4H2,1H3,(H2,10,11,12,13). The van der Waals surface area contributed by atoms with Crippen molar-refractivity contribution in [1.82, 2.24) is 9.97 Å². The molecule has 0 aliphatic heterocycles. The molecule has 0 saturated heterocycles. The van der Waals surface area contributed by atoms with E-state index in [0.717, 1.165) is 12.5 Å². The fraction of sp³-hybridized carbons (Fsp3) is 0.556. The minimum Gasteiger partial charge on any atom is -0.489 e. The number of H-pyrrole nitrogens is 1. The van der Waals surface area contributed by atoms with Gasteiger partial charge in [0.25, 0.3) is 5.56 Å².